The van der Waals surface area contributed by atoms with Crippen molar-refractivity contribution in [1.82, 2.24) is 0 Å². The average Bonchev–Trinajstić information content (AvgIpc) is 2.13. The van der Waals surface area contributed by atoms with Crippen molar-refractivity contribution in [1.29, 1.82) is 0 Å². The molecule has 0 heterocycles. The Hall–Kier alpha value is -1.48. The largest absolute Gasteiger partial charge is 0.504 e. The maximum absolute atomic E-state index is 9.04. The molecule has 3 N–H and O–H groups in total. The molecule has 0 aliphatic heterocycles. The average molecular weight is 196 g/mol. The standard InChI is InChI=1S/C9H10O2.C2H6O/c1-2-3-7-4-5-8(10)9(11)6-7;1-2-3/h2,4-6,10-11H,1,3H2;3H,2H2,1H3. The fraction of sp³-hybridized carbons (Fsp3) is 0.273. The van der Waals surface area contributed by atoms with Crippen LogP contribution in [0.5, 0.6) is 11.5 Å². The zero-order chi connectivity index (χ0) is 11.0. The number of aliphatic hydroxyl groups excluding tert-OH is 1. The molecular formula is C11H16O3. The van der Waals surface area contributed by atoms with E-state index in [9.17, 15) is 0 Å². The number of allylic oxidation sites excluding steroid dienone is 1. The van der Waals surface area contributed by atoms with Gasteiger partial charge in [-0.1, -0.05) is 12.1 Å². The summed E-state index contributed by atoms with van der Waals surface area (Å²) >= 11 is 0. The molecule has 78 valence electrons. The number of aliphatic hydroxyl groups is 1. The minimum absolute atomic E-state index is 0.0793. The van der Waals surface area contributed by atoms with Crippen molar-refractivity contribution >= 4 is 0 Å². The lowest BCUT2D eigenvalue weighted by Gasteiger charge is -1.99. The van der Waals surface area contributed by atoms with Crippen molar-refractivity contribution in [2.75, 3.05) is 6.61 Å². The molecule has 3 nitrogen and oxygen atoms in total. The summed E-state index contributed by atoms with van der Waals surface area (Å²) in [4.78, 5) is 0. The second kappa shape index (κ2) is 6.97. The zero-order valence-electron chi connectivity index (χ0n) is 8.27. The van der Waals surface area contributed by atoms with E-state index >= 15 is 0 Å². The Morgan fingerprint density at radius 1 is 1.29 bits per heavy atom. The van der Waals surface area contributed by atoms with Crippen molar-refractivity contribution in [2.24, 2.45) is 0 Å². The maximum atomic E-state index is 9.04. The fourth-order valence-corrected chi connectivity index (χ4v) is 0.863. The number of phenols is 2. The molecule has 3 heteroatoms. The first kappa shape index (κ1) is 12.5. The highest BCUT2D eigenvalue weighted by atomic mass is 16.3. The van der Waals surface area contributed by atoms with Crippen molar-refractivity contribution in [3.8, 4) is 11.5 Å². The Kier molecular flexibility index (Phi) is 6.24. The van der Waals surface area contributed by atoms with Gasteiger partial charge in [-0.25, -0.2) is 0 Å². The summed E-state index contributed by atoms with van der Waals surface area (Å²) < 4.78 is 0. The Morgan fingerprint density at radius 3 is 2.29 bits per heavy atom. The van der Waals surface area contributed by atoms with E-state index in [4.69, 9.17) is 15.3 Å². The highest BCUT2D eigenvalue weighted by Crippen LogP contribution is 2.24. The molecule has 1 rings (SSSR count). The van der Waals surface area contributed by atoms with Gasteiger partial charge in [0.05, 0.1) is 0 Å². The topological polar surface area (TPSA) is 60.7 Å². The summed E-state index contributed by atoms with van der Waals surface area (Å²) in [5, 5.41) is 25.5. The minimum Gasteiger partial charge on any atom is -0.504 e. The van der Waals surface area contributed by atoms with Crippen LogP contribution < -0.4 is 0 Å². The van der Waals surface area contributed by atoms with Crippen molar-refractivity contribution < 1.29 is 15.3 Å². The maximum Gasteiger partial charge on any atom is 0.157 e. The molecule has 14 heavy (non-hydrogen) atoms. The van der Waals surface area contributed by atoms with E-state index in [1.165, 1.54) is 12.1 Å². The number of hydrogen-bond donors (Lipinski definition) is 3. The number of aromatic hydroxyl groups is 2. The molecule has 0 bridgehead atoms. The predicted molar refractivity (Wildman–Crippen MR) is 56.4 cm³/mol. The Bertz CT molecular complexity index is 282. The van der Waals surface area contributed by atoms with Gasteiger partial charge in [-0.05, 0) is 31.0 Å². The van der Waals surface area contributed by atoms with Gasteiger partial charge in [0, 0.05) is 6.61 Å². The molecule has 0 atom stereocenters. The van der Waals surface area contributed by atoms with Crippen molar-refractivity contribution in [3.63, 3.8) is 0 Å². The summed E-state index contributed by atoms with van der Waals surface area (Å²) in [5.74, 6) is -0.165. The summed E-state index contributed by atoms with van der Waals surface area (Å²) in [5.41, 5.74) is 0.940. The molecule has 0 radical (unpaired) electrons. The number of hydrogen-bond acceptors (Lipinski definition) is 3. The SMILES string of the molecule is C=CCc1ccc(O)c(O)c1.CCO. The van der Waals surface area contributed by atoms with Crippen LogP contribution in [0, 0.1) is 0 Å². The van der Waals surface area contributed by atoms with Gasteiger partial charge >= 0.3 is 0 Å². The summed E-state index contributed by atoms with van der Waals surface area (Å²) in [6, 6.07) is 4.74. The van der Waals surface area contributed by atoms with Crippen molar-refractivity contribution in [3.05, 3.63) is 36.4 Å². The molecule has 0 unspecified atom stereocenters. The quantitative estimate of drug-likeness (QED) is 0.499. The monoisotopic (exact) mass is 196 g/mol. The Balaban J connectivity index is 0.000000500. The highest BCUT2D eigenvalue weighted by molar-refractivity contribution is 5.40. The first-order chi connectivity index (χ1) is 6.65. The lowest BCUT2D eigenvalue weighted by molar-refractivity contribution is 0.318. The third-order valence-corrected chi connectivity index (χ3v) is 1.42. The molecular weight excluding hydrogens is 180 g/mol. The van der Waals surface area contributed by atoms with Gasteiger partial charge < -0.3 is 15.3 Å². The fourth-order valence-electron chi connectivity index (χ4n) is 0.863. The van der Waals surface area contributed by atoms with E-state index in [1.54, 1.807) is 19.1 Å². The second-order valence-electron chi connectivity index (χ2n) is 2.63. The summed E-state index contributed by atoms with van der Waals surface area (Å²) in [6.07, 6.45) is 2.44. The highest BCUT2D eigenvalue weighted by Gasteiger charge is 1.97. The third kappa shape index (κ3) is 4.52. The van der Waals surface area contributed by atoms with Gasteiger partial charge in [0.1, 0.15) is 0 Å². The van der Waals surface area contributed by atoms with E-state index in [-0.39, 0.29) is 18.1 Å². The molecule has 1 aromatic carbocycles. The van der Waals surface area contributed by atoms with Gasteiger partial charge in [0.2, 0.25) is 0 Å². The van der Waals surface area contributed by atoms with Crippen LogP contribution in [0.2, 0.25) is 0 Å². The van der Waals surface area contributed by atoms with Crippen LogP contribution in [-0.2, 0) is 6.42 Å². The lowest BCUT2D eigenvalue weighted by atomic mass is 10.1. The van der Waals surface area contributed by atoms with Gasteiger partial charge in [-0.2, -0.15) is 0 Å². The zero-order valence-corrected chi connectivity index (χ0v) is 8.27. The number of rotatable bonds is 2. The molecule has 0 saturated carbocycles. The molecule has 0 spiro atoms. The van der Waals surface area contributed by atoms with Crippen LogP contribution in [0.4, 0.5) is 0 Å². The molecule has 0 aliphatic carbocycles. The van der Waals surface area contributed by atoms with Crippen molar-refractivity contribution in [2.45, 2.75) is 13.3 Å². The van der Waals surface area contributed by atoms with E-state index in [1.807, 2.05) is 0 Å². The summed E-state index contributed by atoms with van der Waals surface area (Å²) in [7, 11) is 0. The smallest absolute Gasteiger partial charge is 0.157 e. The molecule has 0 amide bonds. The predicted octanol–water partition coefficient (Wildman–Crippen LogP) is 1.82. The number of phenolic OH excluding ortho intramolecular Hbond substituents is 2. The van der Waals surface area contributed by atoms with E-state index < -0.39 is 0 Å². The van der Waals surface area contributed by atoms with Gasteiger partial charge in [0.25, 0.3) is 0 Å². The van der Waals surface area contributed by atoms with Crippen LogP contribution in [-0.4, -0.2) is 21.9 Å². The van der Waals surface area contributed by atoms with Crippen LogP contribution >= 0.6 is 0 Å². The van der Waals surface area contributed by atoms with Gasteiger partial charge in [-0.15, -0.1) is 6.58 Å². The Labute approximate surface area is 84.0 Å². The molecule has 0 fully saturated rings. The molecule has 0 saturated heterocycles. The van der Waals surface area contributed by atoms with Gasteiger partial charge in [0.15, 0.2) is 11.5 Å². The third-order valence-electron chi connectivity index (χ3n) is 1.42. The Morgan fingerprint density at radius 2 is 1.86 bits per heavy atom. The second-order valence-corrected chi connectivity index (χ2v) is 2.63. The first-order valence-corrected chi connectivity index (χ1v) is 4.38. The first-order valence-electron chi connectivity index (χ1n) is 4.38. The normalized spacial score (nSPS) is 8.71. The van der Waals surface area contributed by atoms with Gasteiger partial charge in [-0.3, -0.25) is 0 Å². The minimum atomic E-state index is -0.0854. The van der Waals surface area contributed by atoms with Crippen LogP contribution in [0.3, 0.4) is 0 Å². The van der Waals surface area contributed by atoms with Crippen LogP contribution in [0.1, 0.15) is 12.5 Å². The molecule has 1 aromatic rings. The molecule has 0 aliphatic rings. The number of benzene rings is 1. The lowest BCUT2D eigenvalue weighted by Crippen LogP contribution is -1.79. The van der Waals surface area contributed by atoms with Crippen LogP contribution in [0.15, 0.2) is 30.9 Å². The van der Waals surface area contributed by atoms with E-state index in [0.717, 1.165) is 5.56 Å². The van der Waals surface area contributed by atoms with E-state index in [0.29, 0.717) is 6.42 Å². The van der Waals surface area contributed by atoms with Crippen LogP contribution in [0.25, 0.3) is 0 Å². The summed E-state index contributed by atoms with van der Waals surface area (Å²) in [6.45, 7) is 5.49. The molecule has 0 aromatic heterocycles. The van der Waals surface area contributed by atoms with E-state index in [2.05, 4.69) is 6.58 Å².